The second-order valence-electron chi connectivity index (χ2n) is 22.1. The van der Waals surface area contributed by atoms with Gasteiger partial charge in [-0.1, -0.05) is 62.4 Å². The first-order chi connectivity index (χ1) is 32.1. The van der Waals surface area contributed by atoms with Crippen molar-refractivity contribution in [3.05, 3.63) is 93.0 Å². The number of carbonyl (C=O) groups is 5. The zero-order chi connectivity index (χ0) is 47.9. The maximum absolute atomic E-state index is 16.3. The fourth-order valence-electron chi connectivity index (χ4n) is 13.4. The molecule has 3 aromatic rings. The van der Waals surface area contributed by atoms with Crippen molar-refractivity contribution >= 4 is 46.8 Å². The number of carbonyl (C=O) groups excluding carboxylic acids is 5. The number of halogens is 5. The molecule has 2 aromatic carbocycles. The van der Waals surface area contributed by atoms with Gasteiger partial charge in [-0.3, -0.25) is 34.3 Å². The number of fused-ring (bicyclic) bond motifs is 3. The quantitative estimate of drug-likeness (QED) is 0.123. The maximum Gasteiger partial charge on any atom is 0.433 e. The van der Waals surface area contributed by atoms with Gasteiger partial charge >= 0.3 is 6.18 Å². The van der Waals surface area contributed by atoms with Crippen LogP contribution < -0.4 is 21.3 Å². The lowest BCUT2D eigenvalue weighted by Gasteiger charge is -2.70. The number of hydrogen-bond acceptors (Lipinski definition) is 8. The van der Waals surface area contributed by atoms with Crippen LogP contribution in [0.4, 0.5) is 23.2 Å². The number of nitrogens with zero attached hydrogens (tertiary/aromatic N) is 3. The Bertz CT molecular complexity index is 2780. The van der Waals surface area contributed by atoms with Crippen LogP contribution in [0, 0.1) is 39.8 Å². The highest BCUT2D eigenvalue weighted by Crippen LogP contribution is 2.69. The summed E-state index contributed by atoms with van der Waals surface area (Å²) in [6, 6.07) is 8.85. The van der Waals surface area contributed by atoms with Crippen LogP contribution >= 0.6 is 11.6 Å². The van der Waals surface area contributed by atoms with E-state index in [1.165, 1.54) is 17.2 Å². The molecular weight excluding hydrogens is 902 g/mol. The van der Waals surface area contributed by atoms with Crippen molar-refractivity contribution in [2.75, 3.05) is 25.0 Å². The number of likely N-dealkylation sites (tertiary alicyclic amines) is 1. The first kappa shape index (κ1) is 44.9. The monoisotopic (exact) mass is 953 g/mol. The highest BCUT2D eigenvalue weighted by molar-refractivity contribution is 6.30. The Morgan fingerprint density at radius 2 is 1.82 bits per heavy atom. The average Bonchev–Trinajstić information content (AvgIpc) is 3.47. The van der Waals surface area contributed by atoms with E-state index >= 15 is 4.39 Å². The Hall–Kier alpha value is -5.53. The van der Waals surface area contributed by atoms with Crippen LogP contribution in [0.5, 0.6) is 0 Å². The minimum Gasteiger partial charge on any atom is -0.384 e. The van der Waals surface area contributed by atoms with Gasteiger partial charge in [0.1, 0.15) is 17.6 Å². The van der Waals surface area contributed by atoms with Gasteiger partial charge in [0.2, 0.25) is 23.6 Å². The molecule has 1 unspecified atom stereocenters. The Labute approximate surface area is 396 Å². The number of aromatic nitrogens is 1. The van der Waals surface area contributed by atoms with Crippen LogP contribution in [0.15, 0.2) is 48.7 Å². The van der Waals surface area contributed by atoms with Crippen molar-refractivity contribution in [3.63, 3.8) is 0 Å². The number of anilines is 1. The molecule has 4 aliphatic carbocycles. The summed E-state index contributed by atoms with van der Waals surface area (Å²) in [4.78, 5) is 74.3. The molecule has 2 spiro atoms. The van der Waals surface area contributed by atoms with Crippen molar-refractivity contribution in [3.8, 4) is 11.8 Å². The number of pyridine rings is 1. The lowest BCUT2D eigenvalue weighted by Crippen LogP contribution is -2.79. The van der Waals surface area contributed by atoms with Gasteiger partial charge < -0.3 is 25.8 Å². The number of alkyl halides is 3. The summed E-state index contributed by atoms with van der Waals surface area (Å²) < 4.78 is 58.0. The Balaban J connectivity index is 0.783. The molecule has 6 heterocycles. The molecule has 0 radical (unpaired) electrons. The van der Waals surface area contributed by atoms with Crippen molar-refractivity contribution in [2.24, 2.45) is 22.2 Å². The normalized spacial score (nSPS) is 33.2. The van der Waals surface area contributed by atoms with E-state index in [9.17, 15) is 37.1 Å². The molecule has 4 N–H and O–H groups in total. The number of nitrogens with one attached hydrogen (secondary N) is 4. The molecule has 356 valence electrons. The van der Waals surface area contributed by atoms with E-state index in [1.54, 1.807) is 24.3 Å². The van der Waals surface area contributed by atoms with Crippen molar-refractivity contribution in [1.29, 1.82) is 0 Å². The number of rotatable bonds is 6. The van der Waals surface area contributed by atoms with Crippen LogP contribution in [0.25, 0.3) is 0 Å². The maximum atomic E-state index is 16.3. The van der Waals surface area contributed by atoms with E-state index < -0.39 is 64.0 Å². The molecular formula is C51H52ClF4N7O5. The van der Waals surface area contributed by atoms with Crippen LogP contribution in [-0.2, 0) is 37.3 Å². The minimum absolute atomic E-state index is 0.0713. The number of hydrogen-bond donors (Lipinski definition) is 4. The molecule has 7 fully saturated rings. The van der Waals surface area contributed by atoms with Crippen LogP contribution in [0.3, 0.4) is 0 Å². The summed E-state index contributed by atoms with van der Waals surface area (Å²) in [5, 5.41) is 12.2. The fraction of sp³-hybridized carbons (Fsp3) is 0.529. The minimum atomic E-state index is -4.68. The average molecular weight is 954 g/mol. The van der Waals surface area contributed by atoms with E-state index in [1.807, 2.05) is 31.7 Å². The summed E-state index contributed by atoms with van der Waals surface area (Å²) >= 11 is 6.39. The molecule has 3 saturated heterocycles. The van der Waals surface area contributed by atoms with E-state index in [2.05, 4.69) is 38.1 Å². The van der Waals surface area contributed by atoms with E-state index in [-0.39, 0.29) is 82.6 Å². The number of amides is 5. The molecule has 5 amide bonds. The van der Waals surface area contributed by atoms with E-state index in [0.29, 0.717) is 49.9 Å². The molecule has 17 heteroatoms. The number of imide groups is 1. The van der Waals surface area contributed by atoms with Gasteiger partial charge in [-0.05, 0) is 92.2 Å². The molecule has 2 bridgehead atoms. The predicted molar refractivity (Wildman–Crippen MR) is 241 cm³/mol. The van der Waals surface area contributed by atoms with Gasteiger partial charge in [0.15, 0.2) is 0 Å². The smallest absolute Gasteiger partial charge is 0.384 e. The van der Waals surface area contributed by atoms with Gasteiger partial charge in [-0.2, -0.15) is 13.2 Å². The van der Waals surface area contributed by atoms with Gasteiger partial charge in [0.05, 0.1) is 16.5 Å². The zero-order valence-corrected chi connectivity index (χ0v) is 38.7. The third-order valence-corrected chi connectivity index (χ3v) is 16.8. The second-order valence-corrected chi connectivity index (χ2v) is 22.5. The largest absolute Gasteiger partial charge is 0.433 e. The highest BCUT2D eigenvalue weighted by Gasteiger charge is 2.74. The first-order valence-electron chi connectivity index (χ1n) is 23.6. The first-order valence-corrected chi connectivity index (χ1v) is 23.9. The third-order valence-electron chi connectivity index (χ3n) is 16.5. The van der Waals surface area contributed by atoms with Gasteiger partial charge in [-0.15, -0.1) is 0 Å². The molecule has 68 heavy (non-hydrogen) atoms. The summed E-state index contributed by atoms with van der Waals surface area (Å²) in [7, 11) is 0. The molecule has 9 aliphatic rings. The van der Waals surface area contributed by atoms with Gasteiger partial charge in [0, 0.05) is 95.4 Å². The van der Waals surface area contributed by atoms with Crippen LogP contribution in [0.2, 0.25) is 5.02 Å². The Morgan fingerprint density at radius 3 is 2.56 bits per heavy atom. The lowest BCUT2D eigenvalue weighted by molar-refractivity contribution is -0.195. The summed E-state index contributed by atoms with van der Waals surface area (Å²) in [5.74, 6) is 3.97. The van der Waals surface area contributed by atoms with Crippen molar-refractivity contribution in [1.82, 2.24) is 30.7 Å². The molecule has 12 rings (SSSR count). The number of benzene rings is 2. The van der Waals surface area contributed by atoms with Crippen molar-refractivity contribution in [2.45, 2.75) is 126 Å². The molecule has 12 nitrogen and oxygen atoms in total. The standard InChI is InChI=1S/C51H52ClF4N7O5/c1-46(2,3)19-37-50(25-58-34-17-36(51(54,55)56)57-20-32(34)50)39(30-9-5-10-33(52)40(30)53)41(59-37)43(66)61-49-22-48(23-49,24-49)45(68)62-16-6-15-47(26-62)18-28(47)12-11-27-7-4-8-29-31(27)21-63(44(29)67)35-13-14-38(64)60-42(35)65/h4-5,7-10,17,20,28,35,37,39,41,58-59H,6,13-16,18-19,21-26H2,1-3H3,(H,61,66)(H,60,64,65)/t28-,35?,37-,39-,41+,47-,48?,49?,50-/m0/s1. The van der Waals surface area contributed by atoms with Crippen molar-refractivity contribution < 1.29 is 41.5 Å². The van der Waals surface area contributed by atoms with Crippen LogP contribution in [-0.4, -0.2) is 87.6 Å². The summed E-state index contributed by atoms with van der Waals surface area (Å²) in [6.45, 7) is 7.72. The molecule has 5 aliphatic heterocycles. The second kappa shape index (κ2) is 15.2. The van der Waals surface area contributed by atoms with E-state index in [4.69, 9.17) is 11.6 Å². The number of piperidine rings is 2. The highest BCUT2D eigenvalue weighted by atomic mass is 35.5. The molecule has 7 atom stereocenters. The Kier molecular flexibility index (Phi) is 10.1. The SMILES string of the molecule is CC(C)(C)C[C@@H]1N[C@@H](C(=O)NC23CC(C(=O)N4CCC[C@]5(C[C@@H]5C#Cc5cccc6c5CN(C5CCC(=O)NC5=O)C6=O)C4)(C2)C3)[C@H](c2cccc(Cl)c2F)[C@]12CNc1cc(C(F)(F)F)ncc12. The topological polar surface area (TPSA) is 153 Å². The third kappa shape index (κ3) is 7.03. The Morgan fingerprint density at radius 1 is 1.06 bits per heavy atom. The van der Waals surface area contributed by atoms with Gasteiger partial charge in [-0.25, -0.2) is 4.39 Å². The fourth-order valence-corrected chi connectivity index (χ4v) is 13.5. The summed E-state index contributed by atoms with van der Waals surface area (Å²) in [6.07, 6.45) is 1.55. The van der Waals surface area contributed by atoms with Crippen LogP contribution in [0.1, 0.15) is 123 Å². The van der Waals surface area contributed by atoms with Gasteiger partial charge in [0.25, 0.3) is 5.91 Å². The van der Waals surface area contributed by atoms with E-state index in [0.717, 1.165) is 36.5 Å². The summed E-state index contributed by atoms with van der Waals surface area (Å²) in [5.41, 5.74) is -0.870. The molecule has 4 saturated carbocycles. The molecule has 1 aromatic heterocycles. The zero-order valence-electron chi connectivity index (χ0n) is 38.0. The lowest BCUT2D eigenvalue weighted by atomic mass is 9.38. The predicted octanol–water partition coefficient (Wildman–Crippen LogP) is 6.60.